The minimum absolute atomic E-state index is 0.104. The van der Waals surface area contributed by atoms with Crippen LogP contribution >= 0.6 is 22.6 Å². The molecule has 0 aliphatic heterocycles. The zero-order valence-electron chi connectivity index (χ0n) is 9.32. The van der Waals surface area contributed by atoms with E-state index in [2.05, 4.69) is 32.3 Å². The highest BCUT2D eigenvalue weighted by molar-refractivity contribution is 14.1. The maximum absolute atomic E-state index is 12.3. The van der Waals surface area contributed by atoms with Crippen LogP contribution in [0.15, 0.2) is 18.3 Å². The standard InChI is InChI=1S/C11H11F2IN2O/c1-6(2)8-9(14)16-5-3-4-7(10(16)15-8)17-11(12)13/h3-6,11H,1-2H3. The van der Waals surface area contributed by atoms with Gasteiger partial charge in [-0.3, -0.25) is 4.40 Å². The summed E-state index contributed by atoms with van der Waals surface area (Å²) in [5.74, 6) is 0.341. The van der Waals surface area contributed by atoms with Crippen LogP contribution in [0.4, 0.5) is 8.78 Å². The Morgan fingerprint density at radius 2 is 2.12 bits per heavy atom. The number of pyridine rings is 1. The van der Waals surface area contributed by atoms with Crippen LogP contribution in [-0.2, 0) is 0 Å². The zero-order valence-corrected chi connectivity index (χ0v) is 11.5. The zero-order chi connectivity index (χ0) is 12.6. The smallest absolute Gasteiger partial charge is 0.387 e. The molecule has 0 saturated carbocycles. The molecule has 0 aliphatic carbocycles. The molecule has 0 fully saturated rings. The molecule has 0 bridgehead atoms. The molecule has 0 radical (unpaired) electrons. The molecule has 0 unspecified atom stereocenters. The van der Waals surface area contributed by atoms with E-state index in [9.17, 15) is 8.78 Å². The van der Waals surface area contributed by atoms with E-state index in [-0.39, 0.29) is 11.7 Å². The van der Waals surface area contributed by atoms with Crippen LogP contribution in [0.1, 0.15) is 25.5 Å². The number of hydrogen-bond donors (Lipinski definition) is 0. The Morgan fingerprint density at radius 1 is 1.41 bits per heavy atom. The number of imidazole rings is 1. The van der Waals surface area contributed by atoms with Crippen LogP contribution in [0.2, 0.25) is 0 Å². The highest BCUT2D eigenvalue weighted by Crippen LogP contribution is 2.27. The maximum Gasteiger partial charge on any atom is 0.387 e. The predicted molar refractivity (Wildman–Crippen MR) is 68.6 cm³/mol. The lowest BCUT2D eigenvalue weighted by Gasteiger charge is -2.05. The van der Waals surface area contributed by atoms with E-state index in [1.807, 2.05) is 13.8 Å². The van der Waals surface area contributed by atoms with Crippen molar-refractivity contribution < 1.29 is 13.5 Å². The van der Waals surface area contributed by atoms with Gasteiger partial charge in [-0.05, 0) is 40.6 Å². The largest absolute Gasteiger partial charge is 0.431 e. The molecule has 6 heteroatoms. The molecule has 0 aliphatic rings. The van der Waals surface area contributed by atoms with Crippen LogP contribution in [0.5, 0.6) is 5.75 Å². The van der Waals surface area contributed by atoms with E-state index in [4.69, 9.17) is 0 Å². The SMILES string of the molecule is CC(C)c1nc2c(OC(F)F)cccn2c1I. The first-order valence-corrected chi connectivity index (χ1v) is 6.20. The minimum atomic E-state index is -2.84. The Labute approximate surface area is 111 Å². The van der Waals surface area contributed by atoms with E-state index < -0.39 is 6.61 Å². The third-order valence-corrected chi connectivity index (χ3v) is 3.42. The monoisotopic (exact) mass is 352 g/mol. The summed E-state index contributed by atoms with van der Waals surface area (Å²) < 4.78 is 31.6. The Balaban J connectivity index is 2.60. The van der Waals surface area contributed by atoms with Crippen molar-refractivity contribution in [1.82, 2.24) is 9.38 Å². The number of nitrogens with zero attached hydrogens (tertiary/aromatic N) is 2. The van der Waals surface area contributed by atoms with Gasteiger partial charge in [0.25, 0.3) is 0 Å². The number of alkyl halides is 2. The van der Waals surface area contributed by atoms with Crippen molar-refractivity contribution in [3.8, 4) is 5.75 Å². The molecule has 2 rings (SSSR count). The van der Waals surface area contributed by atoms with Gasteiger partial charge in [-0.15, -0.1) is 0 Å². The Bertz CT molecular complexity index is 539. The van der Waals surface area contributed by atoms with Gasteiger partial charge in [0.1, 0.15) is 3.70 Å². The summed E-state index contributed by atoms with van der Waals surface area (Å²) in [4.78, 5) is 4.36. The van der Waals surface area contributed by atoms with E-state index >= 15 is 0 Å². The lowest BCUT2D eigenvalue weighted by molar-refractivity contribution is -0.0491. The second-order valence-electron chi connectivity index (χ2n) is 3.89. The van der Waals surface area contributed by atoms with Crippen molar-refractivity contribution in [2.75, 3.05) is 0 Å². The average Bonchev–Trinajstić information content (AvgIpc) is 2.57. The van der Waals surface area contributed by atoms with E-state index in [1.165, 1.54) is 6.07 Å². The van der Waals surface area contributed by atoms with Gasteiger partial charge in [-0.25, -0.2) is 4.98 Å². The number of aromatic nitrogens is 2. The van der Waals surface area contributed by atoms with Crippen molar-refractivity contribution >= 4 is 28.2 Å². The lowest BCUT2D eigenvalue weighted by Crippen LogP contribution is -2.03. The average molecular weight is 352 g/mol. The van der Waals surface area contributed by atoms with Gasteiger partial charge in [0.15, 0.2) is 11.4 Å². The fourth-order valence-corrected chi connectivity index (χ4v) is 2.72. The summed E-state index contributed by atoms with van der Waals surface area (Å²) in [6, 6.07) is 3.16. The third-order valence-electron chi connectivity index (χ3n) is 2.34. The van der Waals surface area contributed by atoms with Gasteiger partial charge in [0.2, 0.25) is 0 Å². The lowest BCUT2D eigenvalue weighted by atomic mass is 10.2. The first kappa shape index (κ1) is 12.5. The molecule has 2 heterocycles. The number of hydrogen-bond acceptors (Lipinski definition) is 2. The molecule has 0 aromatic carbocycles. The normalized spacial score (nSPS) is 11.7. The van der Waals surface area contributed by atoms with Gasteiger partial charge in [0.05, 0.1) is 5.69 Å². The fraction of sp³-hybridized carbons (Fsp3) is 0.364. The fourth-order valence-electron chi connectivity index (χ4n) is 1.59. The summed E-state index contributed by atoms with van der Waals surface area (Å²) >= 11 is 2.16. The highest BCUT2D eigenvalue weighted by atomic mass is 127. The predicted octanol–water partition coefficient (Wildman–Crippen LogP) is 3.66. The minimum Gasteiger partial charge on any atom is -0.431 e. The first-order chi connectivity index (χ1) is 8.00. The highest BCUT2D eigenvalue weighted by Gasteiger charge is 2.17. The van der Waals surface area contributed by atoms with Crippen LogP contribution in [0.3, 0.4) is 0 Å². The van der Waals surface area contributed by atoms with Gasteiger partial charge in [0, 0.05) is 6.20 Å². The van der Waals surface area contributed by atoms with Crippen molar-refractivity contribution in [1.29, 1.82) is 0 Å². The Kier molecular flexibility index (Phi) is 3.50. The van der Waals surface area contributed by atoms with E-state index in [1.54, 1.807) is 16.7 Å². The molecule has 17 heavy (non-hydrogen) atoms. The number of fused-ring (bicyclic) bond motifs is 1. The molecule has 92 valence electrons. The van der Waals surface area contributed by atoms with Gasteiger partial charge in [-0.2, -0.15) is 8.78 Å². The quantitative estimate of drug-likeness (QED) is 0.789. The molecule has 0 saturated heterocycles. The molecular formula is C11H11F2IN2O. The third kappa shape index (κ3) is 2.36. The topological polar surface area (TPSA) is 26.5 Å². The van der Waals surface area contributed by atoms with Crippen molar-refractivity contribution in [3.63, 3.8) is 0 Å². The molecule has 0 amide bonds. The van der Waals surface area contributed by atoms with Crippen LogP contribution in [-0.4, -0.2) is 16.0 Å². The van der Waals surface area contributed by atoms with Crippen molar-refractivity contribution in [2.45, 2.75) is 26.4 Å². The second-order valence-corrected chi connectivity index (χ2v) is 4.91. The molecule has 2 aromatic heterocycles. The van der Waals surface area contributed by atoms with Crippen LogP contribution in [0, 0.1) is 3.70 Å². The number of ether oxygens (including phenoxy) is 1. The Morgan fingerprint density at radius 3 is 2.71 bits per heavy atom. The number of rotatable bonds is 3. The molecule has 0 N–H and O–H groups in total. The van der Waals surface area contributed by atoms with Crippen molar-refractivity contribution in [2.24, 2.45) is 0 Å². The second kappa shape index (κ2) is 4.75. The summed E-state index contributed by atoms with van der Waals surface area (Å²) in [5, 5.41) is 0. The summed E-state index contributed by atoms with van der Waals surface area (Å²) in [6.07, 6.45) is 1.79. The molecule has 0 atom stereocenters. The maximum atomic E-state index is 12.3. The van der Waals surface area contributed by atoms with Gasteiger partial charge < -0.3 is 4.74 Å². The van der Waals surface area contributed by atoms with Crippen LogP contribution < -0.4 is 4.74 Å². The van der Waals surface area contributed by atoms with E-state index in [0.717, 1.165) is 9.39 Å². The first-order valence-electron chi connectivity index (χ1n) is 5.12. The van der Waals surface area contributed by atoms with Crippen LogP contribution in [0.25, 0.3) is 5.65 Å². The molecule has 0 spiro atoms. The summed E-state index contributed by atoms with van der Waals surface area (Å²) in [5.41, 5.74) is 1.32. The van der Waals surface area contributed by atoms with Crippen molar-refractivity contribution in [3.05, 3.63) is 27.7 Å². The Hall–Kier alpha value is -0.920. The molecule has 3 nitrogen and oxygen atoms in total. The molecular weight excluding hydrogens is 341 g/mol. The van der Waals surface area contributed by atoms with Gasteiger partial charge in [-0.1, -0.05) is 13.8 Å². The van der Waals surface area contributed by atoms with E-state index in [0.29, 0.717) is 5.65 Å². The number of halogens is 3. The van der Waals surface area contributed by atoms with Gasteiger partial charge >= 0.3 is 6.61 Å². The summed E-state index contributed by atoms with van der Waals surface area (Å²) in [6.45, 7) is 1.19. The molecule has 2 aromatic rings. The summed E-state index contributed by atoms with van der Waals surface area (Å²) in [7, 11) is 0.